The largest absolute Gasteiger partial charge is 0.497 e. The lowest BCUT2D eigenvalue weighted by molar-refractivity contribution is -0.479. The van der Waals surface area contributed by atoms with Crippen LogP contribution in [0.1, 0.15) is 22.2 Å². The third kappa shape index (κ3) is 6.47. The predicted molar refractivity (Wildman–Crippen MR) is 145 cm³/mol. The summed E-state index contributed by atoms with van der Waals surface area (Å²) in [5, 5.41) is 31.0. The van der Waals surface area contributed by atoms with Gasteiger partial charge in [0.2, 0.25) is 6.54 Å². The standard InChI is InChI=1S/C25H22BrN5O6S/c1-16-27-28-25(30(16)19-7-9-21(36-2)10-8-19)38-24(14-29(32)33)18-6-11-23(22(26)13-18)37-15-17-4-3-5-20(12-17)31(34)35/h3-13,24H,14-15H2,1-2H3/t24-/m0/s1. The summed E-state index contributed by atoms with van der Waals surface area (Å²) < 4.78 is 13.5. The van der Waals surface area contributed by atoms with Crippen LogP contribution in [0.5, 0.6) is 11.5 Å². The number of halogens is 1. The second-order valence-electron chi connectivity index (χ2n) is 8.09. The van der Waals surface area contributed by atoms with Crippen molar-refractivity contribution in [1.82, 2.24) is 14.8 Å². The Morgan fingerprint density at radius 2 is 1.82 bits per heavy atom. The first kappa shape index (κ1) is 27.1. The molecule has 0 unspecified atom stereocenters. The zero-order chi connectivity index (χ0) is 27.2. The van der Waals surface area contributed by atoms with Gasteiger partial charge in [-0.1, -0.05) is 30.0 Å². The minimum atomic E-state index is -0.562. The third-order valence-corrected chi connectivity index (χ3v) is 7.33. The molecule has 0 aliphatic rings. The monoisotopic (exact) mass is 599 g/mol. The van der Waals surface area contributed by atoms with Crippen molar-refractivity contribution in [1.29, 1.82) is 0 Å². The lowest BCUT2D eigenvalue weighted by Gasteiger charge is -2.16. The van der Waals surface area contributed by atoms with E-state index in [4.69, 9.17) is 9.47 Å². The van der Waals surface area contributed by atoms with Crippen molar-refractivity contribution in [2.75, 3.05) is 13.7 Å². The van der Waals surface area contributed by atoms with E-state index in [9.17, 15) is 20.2 Å². The number of rotatable bonds is 11. The van der Waals surface area contributed by atoms with Crippen LogP contribution in [0.4, 0.5) is 5.69 Å². The molecular weight excluding hydrogens is 578 g/mol. The lowest BCUT2D eigenvalue weighted by atomic mass is 10.1. The number of hydrogen-bond acceptors (Lipinski definition) is 9. The van der Waals surface area contributed by atoms with Gasteiger partial charge in [-0.25, -0.2) is 0 Å². The predicted octanol–water partition coefficient (Wildman–Crippen LogP) is 5.94. The van der Waals surface area contributed by atoms with Crippen molar-refractivity contribution in [3.05, 3.63) is 108 Å². The molecule has 0 N–H and O–H groups in total. The van der Waals surface area contributed by atoms with Crippen molar-refractivity contribution in [2.45, 2.75) is 23.9 Å². The first-order valence-electron chi connectivity index (χ1n) is 11.3. The van der Waals surface area contributed by atoms with Crippen molar-refractivity contribution < 1.29 is 19.3 Å². The fraction of sp³-hybridized carbons (Fsp3) is 0.200. The maximum atomic E-state index is 11.5. The maximum absolute atomic E-state index is 11.5. The van der Waals surface area contributed by atoms with Crippen LogP contribution < -0.4 is 9.47 Å². The first-order chi connectivity index (χ1) is 18.2. The summed E-state index contributed by atoms with van der Waals surface area (Å²) in [5.74, 6) is 1.85. The molecule has 1 atom stereocenters. The second kappa shape index (κ2) is 12.0. The summed E-state index contributed by atoms with van der Waals surface area (Å²) in [6, 6.07) is 18.8. The highest BCUT2D eigenvalue weighted by molar-refractivity contribution is 9.10. The molecule has 0 amide bonds. The Hall–Kier alpha value is -3.97. The van der Waals surface area contributed by atoms with Gasteiger partial charge in [-0.15, -0.1) is 10.2 Å². The molecular formula is C25H22BrN5O6S. The molecule has 11 nitrogen and oxygen atoms in total. The summed E-state index contributed by atoms with van der Waals surface area (Å²) in [7, 11) is 1.59. The van der Waals surface area contributed by atoms with Gasteiger partial charge >= 0.3 is 0 Å². The van der Waals surface area contributed by atoms with Gasteiger partial charge in [0.15, 0.2) is 5.16 Å². The average Bonchev–Trinajstić information content (AvgIpc) is 3.27. The molecule has 0 aliphatic carbocycles. The number of hydrogen-bond donors (Lipinski definition) is 0. The summed E-state index contributed by atoms with van der Waals surface area (Å²) in [6.45, 7) is 1.60. The van der Waals surface area contributed by atoms with Crippen molar-refractivity contribution >= 4 is 33.4 Å². The summed E-state index contributed by atoms with van der Waals surface area (Å²) in [4.78, 5) is 21.7. The Morgan fingerprint density at radius 3 is 2.47 bits per heavy atom. The van der Waals surface area contributed by atoms with E-state index in [1.807, 2.05) is 35.8 Å². The molecule has 0 spiro atoms. The van der Waals surface area contributed by atoms with Crippen LogP contribution in [0.25, 0.3) is 5.69 Å². The fourth-order valence-electron chi connectivity index (χ4n) is 3.68. The number of nitro benzene ring substituents is 1. The first-order valence-corrected chi connectivity index (χ1v) is 12.9. The number of nitrogens with zero attached hydrogens (tertiary/aromatic N) is 5. The van der Waals surface area contributed by atoms with E-state index in [-0.39, 0.29) is 23.8 Å². The number of ether oxygens (including phenoxy) is 2. The molecule has 0 aliphatic heterocycles. The average molecular weight is 600 g/mol. The lowest BCUT2D eigenvalue weighted by Crippen LogP contribution is -2.11. The summed E-state index contributed by atoms with van der Waals surface area (Å²) >= 11 is 4.73. The van der Waals surface area contributed by atoms with Gasteiger partial charge in [0, 0.05) is 22.7 Å². The molecule has 0 bridgehead atoms. The summed E-state index contributed by atoms with van der Waals surface area (Å²) in [5.41, 5.74) is 2.13. The van der Waals surface area contributed by atoms with E-state index in [2.05, 4.69) is 26.1 Å². The Kier molecular flexibility index (Phi) is 8.59. The van der Waals surface area contributed by atoms with Gasteiger partial charge in [0.25, 0.3) is 5.69 Å². The molecule has 0 saturated heterocycles. The Morgan fingerprint density at radius 1 is 1.05 bits per heavy atom. The molecule has 38 heavy (non-hydrogen) atoms. The second-order valence-corrected chi connectivity index (χ2v) is 10.1. The molecule has 4 rings (SSSR count). The molecule has 0 radical (unpaired) electrons. The molecule has 196 valence electrons. The minimum absolute atomic E-state index is 0.0158. The SMILES string of the molecule is COc1ccc(-n2c(C)nnc2S[C@@H](C[N+](=O)[O-])c2ccc(OCc3cccc([N+](=O)[O-])c3)c(Br)c2)cc1. The normalized spacial score (nSPS) is 11.7. The Labute approximate surface area is 230 Å². The number of benzene rings is 3. The zero-order valence-corrected chi connectivity index (χ0v) is 22.7. The van der Waals surface area contributed by atoms with Gasteiger partial charge in [-0.2, -0.15) is 0 Å². The maximum Gasteiger partial charge on any atom is 0.269 e. The van der Waals surface area contributed by atoms with Crippen LogP contribution in [0.3, 0.4) is 0 Å². The van der Waals surface area contributed by atoms with E-state index in [0.717, 1.165) is 5.69 Å². The number of methoxy groups -OCH3 is 1. The van der Waals surface area contributed by atoms with E-state index in [1.54, 1.807) is 37.4 Å². The highest BCUT2D eigenvalue weighted by atomic mass is 79.9. The van der Waals surface area contributed by atoms with E-state index < -0.39 is 10.2 Å². The fourth-order valence-corrected chi connectivity index (χ4v) is 5.35. The number of aromatic nitrogens is 3. The smallest absolute Gasteiger partial charge is 0.269 e. The number of aryl methyl sites for hydroxylation is 1. The molecule has 1 heterocycles. The van der Waals surface area contributed by atoms with E-state index in [1.165, 1.54) is 23.9 Å². The van der Waals surface area contributed by atoms with Gasteiger partial charge in [-0.05, 0) is 70.4 Å². The molecule has 0 saturated carbocycles. The summed E-state index contributed by atoms with van der Waals surface area (Å²) in [6.07, 6.45) is 0. The van der Waals surface area contributed by atoms with Crippen LogP contribution in [0, 0.1) is 27.2 Å². The third-order valence-electron chi connectivity index (χ3n) is 5.53. The molecule has 1 aromatic heterocycles. The van der Waals surface area contributed by atoms with Gasteiger partial charge < -0.3 is 9.47 Å². The minimum Gasteiger partial charge on any atom is -0.497 e. The van der Waals surface area contributed by atoms with Crippen LogP contribution in [-0.2, 0) is 6.61 Å². The van der Waals surface area contributed by atoms with Crippen molar-refractivity contribution in [3.8, 4) is 17.2 Å². The van der Waals surface area contributed by atoms with Gasteiger partial charge in [0.1, 0.15) is 29.2 Å². The van der Waals surface area contributed by atoms with Gasteiger partial charge in [0.05, 0.1) is 16.5 Å². The highest BCUT2D eigenvalue weighted by Gasteiger charge is 2.24. The molecule has 13 heteroatoms. The Bertz CT molecular complexity index is 1460. The van der Waals surface area contributed by atoms with E-state index in [0.29, 0.717) is 38.1 Å². The van der Waals surface area contributed by atoms with Crippen LogP contribution in [-0.4, -0.2) is 38.3 Å². The van der Waals surface area contributed by atoms with Crippen LogP contribution in [0.2, 0.25) is 0 Å². The molecule has 4 aromatic rings. The van der Waals surface area contributed by atoms with Crippen LogP contribution >= 0.6 is 27.7 Å². The van der Waals surface area contributed by atoms with Crippen molar-refractivity contribution in [3.63, 3.8) is 0 Å². The molecule has 3 aromatic carbocycles. The highest BCUT2D eigenvalue weighted by Crippen LogP contribution is 2.39. The Balaban J connectivity index is 1.55. The topological polar surface area (TPSA) is 135 Å². The number of nitro groups is 2. The van der Waals surface area contributed by atoms with E-state index >= 15 is 0 Å². The quantitative estimate of drug-likeness (QED) is 0.116. The zero-order valence-electron chi connectivity index (χ0n) is 20.3. The number of non-ortho nitro benzene ring substituents is 1. The van der Waals surface area contributed by atoms with Crippen molar-refractivity contribution in [2.24, 2.45) is 0 Å². The molecule has 0 fully saturated rings. The number of thioether (sulfide) groups is 1. The van der Waals surface area contributed by atoms with Gasteiger partial charge in [-0.3, -0.25) is 24.8 Å². The van der Waals surface area contributed by atoms with Crippen LogP contribution in [0.15, 0.2) is 76.4 Å².